The monoisotopic (exact) mass is 197 g/mol. The van der Waals surface area contributed by atoms with Crippen molar-refractivity contribution >= 4 is 24.8 Å². The third kappa shape index (κ3) is 0.735. The summed E-state index contributed by atoms with van der Waals surface area (Å²) >= 11 is -0.0567. The first-order chi connectivity index (χ1) is 2.89. The molecule has 1 N–H and O–H groups in total. The molecule has 34 valence electrons. The molecule has 0 aromatic rings. The van der Waals surface area contributed by atoms with E-state index in [1.807, 2.05) is 6.92 Å². The molecule has 1 aliphatic rings. The molecule has 0 aliphatic carbocycles. The van der Waals surface area contributed by atoms with Gasteiger partial charge in [-0.2, -0.15) is 10.6 Å². The van der Waals surface area contributed by atoms with Gasteiger partial charge in [0.15, 0.2) is 0 Å². The predicted octanol–water partition coefficient (Wildman–Crippen LogP) is 0.992. The van der Waals surface area contributed by atoms with Crippen molar-refractivity contribution in [3.63, 3.8) is 0 Å². The van der Waals surface area contributed by atoms with E-state index >= 15 is 0 Å². The lowest BCUT2D eigenvalue weighted by Gasteiger charge is -1.71. The first-order valence-electron chi connectivity index (χ1n) is 1.53. The maximum Gasteiger partial charge on any atom is 0.111 e. The second kappa shape index (κ2) is 1.63. The van der Waals surface area contributed by atoms with Gasteiger partial charge in [-0.15, -0.1) is 3.25 Å². The van der Waals surface area contributed by atoms with Crippen molar-refractivity contribution in [2.75, 3.05) is 0 Å². The smallest absolute Gasteiger partial charge is 0.111 e. The molecule has 1 aliphatic heterocycles. The molecule has 0 atom stereocenters. The lowest BCUT2D eigenvalue weighted by Crippen LogP contribution is -1.85. The Kier molecular flexibility index (Phi) is 1.13. The van der Waals surface area contributed by atoms with E-state index in [9.17, 15) is 0 Å². The van der Waals surface area contributed by atoms with E-state index in [-0.39, 0.29) is 21.0 Å². The van der Waals surface area contributed by atoms with E-state index in [1.54, 1.807) is 0 Å². The highest BCUT2D eigenvalue weighted by atomic mass is 127. The number of halogens is 1. The first-order valence-corrected chi connectivity index (χ1v) is 3.57. The first kappa shape index (κ1) is 4.17. The topological polar surface area (TPSA) is 36.8 Å². The molecule has 0 unspecified atom stereocenters. The Balaban J connectivity index is 2.68. The van der Waals surface area contributed by atoms with Gasteiger partial charge in [0.25, 0.3) is 0 Å². The van der Waals surface area contributed by atoms with Gasteiger partial charge in [-0.3, -0.25) is 0 Å². The molecule has 0 aromatic carbocycles. The fraction of sp³-hybridized carbons (Fsp3) is 0.500. The summed E-state index contributed by atoms with van der Waals surface area (Å²) < 4.78 is 4.98. The van der Waals surface area contributed by atoms with Crippen molar-refractivity contribution < 1.29 is 0 Å². The Bertz CT molecular complexity index is 103. The van der Waals surface area contributed by atoms with E-state index in [0.717, 1.165) is 3.72 Å². The Hall–Kier alpha value is 0. The molecule has 0 radical (unpaired) electrons. The van der Waals surface area contributed by atoms with Crippen LogP contribution >= 0.6 is 21.0 Å². The van der Waals surface area contributed by atoms with Gasteiger partial charge in [0.05, 0.1) is 21.0 Å². The van der Waals surface area contributed by atoms with Crippen LogP contribution in [0, 0.1) is 0 Å². The third-order valence-electron chi connectivity index (χ3n) is 0.406. The van der Waals surface area contributed by atoms with E-state index in [4.69, 9.17) is 0 Å². The van der Waals surface area contributed by atoms with Crippen molar-refractivity contribution in [1.29, 1.82) is 0 Å². The zero-order chi connectivity index (χ0) is 4.41. The number of nitrogens with zero attached hydrogens (tertiary/aromatic N) is 2. The summed E-state index contributed by atoms with van der Waals surface area (Å²) in [7, 11) is 0. The van der Waals surface area contributed by atoms with Crippen LogP contribution in [0.25, 0.3) is 0 Å². The largest absolute Gasteiger partial charge is 0.192 e. The Morgan fingerprint density at radius 3 is 2.83 bits per heavy atom. The molecule has 0 amide bonds. The minimum atomic E-state index is -0.0567. The number of hydrogen-bond acceptors (Lipinski definition) is 3. The number of hydrazone groups is 1. The van der Waals surface area contributed by atoms with Crippen LogP contribution in [0.15, 0.2) is 8.36 Å². The zero-order valence-corrected chi connectivity index (χ0v) is 5.43. The maximum atomic E-state index is 3.82. The standard InChI is InChI=1S/C2H4IN3/c1-2-3-5-6-4-2/h6H,1H3. The zero-order valence-electron chi connectivity index (χ0n) is 3.27. The molecule has 0 aromatic heterocycles. The van der Waals surface area contributed by atoms with Crippen molar-refractivity contribution in [3.8, 4) is 0 Å². The summed E-state index contributed by atoms with van der Waals surface area (Å²) in [6.07, 6.45) is 0. The molecule has 1 rings (SSSR count). The minimum Gasteiger partial charge on any atom is -0.192 e. The summed E-state index contributed by atoms with van der Waals surface area (Å²) in [5.74, 6) is 0. The molecule has 0 saturated heterocycles. The van der Waals surface area contributed by atoms with Gasteiger partial charge >= 0.3 is 0 Å². The van der Waals surface area contributed by atoms with Gasteiger partial charge in [-0.25, -0.2) is 0 Å². The van der Waals surface area contributed by atoms with Crippen molar-refractivity contribution in [1.82, 2.24) is 5.53 Å². The quantitative estimate of drug-likeness (QED) is 0.577. The van der Waals surface area contributed by atoms with Gasteiger partial charge in [-0.1, -0.05) is 0 Å². The lowest BCUT2D eigenvalue weighted by molar-refractivity contribution is 0.843. The van der Waals surface area contributed by atoms with Crippen LogP contribution in [0.2, 0.25) is 0 Å². The van der Waals surface area contributed by atoms with Crippen LogP contribution in [-0.4, -0.2) is 3.72 Å². The third-order valence-corrected chi connectivity index (χ3v) is 1.80. The van der Waals surface area contributed by atoms with Crippen LogP contribution in [0.1, 0.15) is 6.92 Å². The van der Waals surface area contributed by atoms with E-state index in [2.05, 4.69) is 13.9 Å². The van der Waals surface area contributed by atoms with E-state index in [0.29, 0.717) is 0 Å². The molecule has 0 bridgehead atoms. The summed E-state index contributed by atoms with van der Waals surface area (Å²) in [4.78, 5) is 0. The molecule has 0 fully saturated rings. The molecule has 1 heterocycles. The average molecular weight is 197 g/mol. The van der Waals surface area contributed by atoms with E-state index < -0.39 is 0 Å². The molecular formula is C2H4IN3. The number of rotatable bonds is 0. The summed E-state index contributed by atoms with van der Waals surface area (Å²) in [5, 5.41) is 3.78. The van der Waals surface area contributed by atoms with Crippen LogP contribution < -0.4 is 5.53 Å². The number of hydrogen-bond donors (Lipinski definition) is 1. The normalized spacial score (nSPS) is 18.5. The Labute approximate surface area is 45.9 Å². The minimum absolute atomic E-state index is 0.0567. The van der Waals surface area contributed by atoms with Crippen molar-refractivity contribution in [2.45, 2.75) is 6.92 Å². The molecule has 0 spiro atoms. The second-order valence-electron chi connectivity index (χ2n) is 0.878. The Morgan fingerprint density at radius 2 is 2.67 bits per heavy atom. The van der Waals surface area contributed by atoms with Gasteiger partial charge in [0, 0.05) is 0 Å². The van der Waals surface area contributed by atoms with E-state index in [1.165, 1.54) is 0 Å². The average Bonchev–Trinajstić information content (AvgIpc) is 1.86. The number of nitrogens with one attached hydrogen (secondary N) is 1. The van der Waals surface area contributed by atoms with Crippen LogP contribution in [0.5, 0.6) is 0 Å². The molecule has 4 heteroatoms. The van der Waals surface area contributed by atoms with Crippen LogP contribution in [0.4, 0.5) is 0 Å². The molecule has 6 heavy (non-hydrogen) atoms. The van der Waals surface area contributed by atoms with Gasteiger partial charge < -0.3 is 0 Å². The molecular weight excluding hydrogens is 193 g/mol. The Morgan fingerprint density at radius 1 is 1.83 bits per heavy atom. The highest BCUT2D eigenvalue weighted by Gasteiger charge is 1.87. The maximum absolute atomic E-state index is 3.82. The van der Waals surface area contributed by atoms with Gasteiger partial charge in [0.2, 0.25) is 0 Å². The summed E-state index contributed by atoms with van der Waals surface area (Å²) in [5.41, 5.74) is 2.53. The SMILES string of the molecule is CC1=NNN=I1. The predicted molar refractivity (Wildman–Crippen MR) is 32.7 cm³/mol. The lowest BCUT2D eigenvalue weighted by atomic mass is 10.9. The second-order valence-corrected chi connectivity index (χ2v) is 3.40. The molecule has 3 nitrogen and oxygen atoms in total. The van der Waals surface area contributed by atoms with Crippen LogP contribution in [-0.2, 0) is 0 Å². The fourth-order valence-electron chi connectivity index (χ4n) is 0.187. The highest BCUT2D eigenvalue weighted by Crippen LogP contribution is 2.05. The molecule has 0 saturated carbocycles. The van der Waals surface area contributed by atoms with Crippen LogP contribution in [0.3, 0.4) is 0 Å². The summed E-state index contributed by atoms with van der Waals surface area (Å²) in [6, 6.07) is 0. The van der Waals surface area contributed by atoms with Gasteiger partial charge in [-0.05, 0) is 6.92 Å². The van der Waals surface area contributed by atoms with Crippen molar-refractivity contribution in [2.24, 2.45) is 8.36 Å². The fourth-order valence-corrected chi connectivity index (χ4v) is 0.967. The van der Waals surface area contributed by atoms with Gasteiger partial charge in [0.1, 0.15) is 3.72 Å². The van der Waals surface area contributed by atoms with Crippen molar-refractivity contribution in [3.05, 3.63) is 0 Å². The summed E-state index contributed by atoms with van der Waals surface area (Å²) in [6.45, 7) is 1.98. The highest BCUT2D eigenvalue weighted by molar-refractivity contribution is 14.2.